The summed E-state index contributed by atoms with van der Waals surface area (Å²) in [6, 6.07) is 6.86. The van der Waals surface area contributed by atoms with E-state index in [-0.39, 0.29) is 17.9 Å². The van der Waals surface area contributed by atoms with Crippen LogP contribution in [0.5, 0.6) is 0 Å². The lowest BCUT2D eigenvalue weighted by Gasteiger charge is -2.35. The number of ether oxygens (including phenoxy) is 1. The summed E-state index contributed by atoms with van der Waals surface area (Å²) in [6.07, 6.45) is -0.0760. The molecule has 7 heteroatoms. The van der Waals surface area contributed by atoms with Crippen molar-refractivity contribution in [2.24, 2.45) is 5.73 Å². The van der Waals surface area contributed by atoms with Gasteiger partial charge in [-0.2, -0.15) is 4.31 Å². The first-order chi connectivity index (χ1) is 9.79. The van der Waals surface area contributed by atoms with Gasteiger partial charge in [-0.1, -0.05) is 36.5 Å². The summed E-state index contributed by atoms with van der Waals surface area (Å²) >= 11 is 4.88. The van der Waals surface area contributed by atoms with Crippen molar-refractivity contribution in [3.8, 4) is 0 Å². The van der Waals surface area contributed by atoms with Gasteiger partial charge in [0.1, 0.15) is 4.99 Å². The molecule has 1 aliphatic rings. The van der Waals surface area contributed by atoms with Crippen LogP contribution in [0.2, 0.25) is 0 Å². The number of nitrogens with two attached hydrogens (primary N) is 1. The third kappa shape index (κ3) is 4.00. The van der Waals surface area contributed by atoms with Gasteiger partial charge in [-0.05, 0) is 19.4 Å². The summed E-state index contributed by atoms with van der Waals surface area (Å²) in [5, 5.41) is 0. The summed E-state index contributed by atoms with van der Waals surface area (Å²) in [4.78, 5) is 0.306. The van der Waals surface area contributed by atoms with Crippen LogP contribution in [0.1, 0.15) is 25.0 Å². The van der Waals surface area contributed by atoms with Gasteiger partial charge in [0, 0.05) is 18.2 Å². The molecule has 1 aliphatic heterocycles. The average molecular weight is 328 g/mol. The Bertz CT molecular complexity index is 614. The maximum Gasteiger partial charge on any atom is 0.218 e. The van der Waals surface area contributed by atoms with Gasteiger partial charge >= 0.3 is 0 Å². The molecule has 0 aromatic heterocycles. The molecule has 0 radical (unpaired) electrons. The van der Waals surface area contributed by atoms with E-state index in [2.05, 4.69) is 0 Å². The highest BCUT2D eigenvalue weighted by Gasteiger charge is 2.32. The average Bonchev–Trinajstić information content (AvgIpc) is 2.41. The van der Waals surface area contributed by atoms with Crippen LogP contribution in [0.4, 0.5) is 0 Å². The van der Waals surface area contributed by atoms with Gasteiger partial charge in [-0.3, -0.25) is 0 Å². The Balaban J connectivity index is 2.14. The van der Waals surface area contributed by atoms with Crippen LogP contribution in [0.15, 0.2) is 24.3 Å². The van der Waals surface area contributed by atoms with Gasteiger partial charge < -0.3 is 10.5 Å². The molecular weight excluding hydrogens is 308 g/mol. The second-order valence-corrected chi connectivity index (χ2v) is 7.74. The summed E-state index contributed by atoms with van der Waals surface area (Å²) in [6.45, 7) is 4.57. The van der Waals surface area contributed by atoms with Crippen LogP contribution in [0, 0.1) is 0 Å². The van der Waals surface area contributed by atoms with E-state index in [4.69, 9.17) is 22.7 Å². The molecule has 1 aromatic rings. The van der Waals surface area contributed by atoms with Gasteiger partial charge in [0.2, 0.25) is 10.0 Å². The van der Waals surface area contributed by atoms with Crippen molar-refractivity contribution >= 4 is 27.2 Å². The summed E-state index contributed by atoms with van der Waals surface area (Å²) in [5.41, 5.74) is 6.99. The van der Waals surface area contributed by atoms with Crippen molar-refractivity contribution in [3.63, 3.8) is 0 Å². The summed E-state index contributed by atoms with van der Waals surface area (Å²) in [5.74, 6) is -0.0261. The van der Waals surface area contributed by atoms with E-state index in [9.17, 15) is 8.42 Å². The highest BCUT2D eigenvalue weighted by Crippen LogP contribution is 2.19. The quantitative estimate of drug-likeness (QED) is 0.843. The molecule has 0 spiro atoms. The number of benzene rings is 1. The third-order valence-corrected chi connectivity index (χ3v) is 5.65. The Labute approximate surface area is 131 Å². The molecule has 1 aromatic carbocycles. The van der Waals surface area contributed by atoms with Gasteiger partial charge in [0.05, 0.1) is 18.5 Å². The molecule has 1 heterocycles. The topological polar surface area (TPSA) is 72.6 Å². The molecule has 0 bridgehead atoms. The fraction of sp³-hybridized carbons (Fsp3) is 0.500. The minimum absolute atomic E-state index is 0.0261. The Hall–Kier alpha value is -1.02. The van der Waals surface area contributed by atoms with Crippen molar-refractivity contribution in [2.45, 2.75) is 31.7 Å². The third-order valence-electron chi connectivity index (χ3n) is 3.50. The van der Waals surface area contributed by atoms with Crippen molar-refractivity contribution < 1.29 is 13.2 Å². The van der Waals surface area contributed by atoms with Crippen LogP contribution in [0.25, 0.3) is 0 Å². The second kappa shape index (κ2) is 6.39. The van der Waals surface area contributed by atoms with Crippen LogP contribution < -0.4 is 5.73 Å². The van der Waals surface area contributed by atoms with Crippen molar-refractivity contribution in [1.29, 1.82) is 0 Å². The van der Waals surface area contributed by atoms with Gasteiger partial charge in [-0.25, -0.2) is 8.42 Å². The number of thiocarbonyl (C=S) groups is 1. The molecule has 21 heavy (non-hydrogen) atoms. The molecule has 0 aliphatic carbocycles. The zero-order valence-electron chi connectivity index (χ0n) is 12.2. The van der Waals surface area contributed by atoms with Crippen molar-refractivity contribution in [3.05, 3.63) is 35.4 Å². The minimum atomic E-state index is -3.36. The molecular formula is C14H20N2O3S2. The van der Waals surface area contributed by atoms with Crippen LogP contribution >= 0.6 is 12.2 Å². The lowest BCUT2D eigenvalue weighted by Crippen LogP contribution is -2.50. The SMILES string of the molecule is CC1CN(S(=O)(=O)Cc2ccc(C(N)=S)cc2)C(C)CO1. The summed E-state index contributed by atoms with van der Waals surface area (Å²) < 4.78 is 32.1. The molecule has 2 rings (SSSR count). The van der Waals surface area contributed by atoms with E-state index < -0.39 is 10.0 Å². The normalized spacial score (nSPS) is 23.9. The molecule has 5 nitrogen and oxygen atoms in total. The standard InChI is InChI=1S/C14H20N2O3S2/c1-10-8-19-11(2)7-16(10)21(17,18)9-12-3-5-13(6-4-12)14(15)20/h3-6,10-11H,7-9H2,1-2H3,(H2,15,20). The maximum atomic E-state index is 12.5. The number of morpholine rings is 1. The van der Waals surface area contributed by atoms with E-state index in [1.54, 1.807) is 24.3 Å². The molecule has 1 fully saturated rings. The highest BCUT2D eigenvalue weighted by atomic mass is 32.2. The molecule has 2 N–H and O–H groups in total. The predicted octanol–water partition coefficient (Wildman–Crippen LogP) is 1.26. The van der Waals surface area contributed by atoms with Gasteiger partial charge in [0.15, 0.2) is 0 Å². The summed E-state index contributed by atoms with van der Waals surface area (Å²) in [7, 11) is -3.36. The second-order valence-electron chi connectivity index (χ2n) is 5.38. The number of hydrogen-bond donors (Lipinski definition) is 1. The zero-order chi connectivity index (χ0) is 15.6. The Kier molecular flexibility index (Phi) is 4.98. The van der Waals surface area contributed by atoms with E-state index in [1.165, 1.54) is 4.31 Å². The van der Waals surface area contributed by atoms with Gasteiger partial charge in [0.25, 0.3) is 0 Å². The Morgan fingerprint density at radius 2 is 2.00 bits per heavy atom. The predicted molar refractivity (Wildman–Crippen MR) is 86.5 cm³/mol. The molecule has 0 saturated carbocycles. The van der Waals surface area contributed by atoms with Crippen LogP contribution in [-0.4, -0.2) is 43.0 Å². The lowest BCUT2D eigenvalue weighted by atomic mass is 10.1. The fourth-order valence-electron chi connectivity index (χ4n) is 2.32. The number of hydrogen-bond acceptors (Lipinski definition) is 4. The first-order valence-electron chi connectivity index (χ1n) is 6.79. The van der Waals surface area contributed by atoms with Crippen LogP contribution in [-0.2, 0) is 20.5 Å². The van der Waals surface area contributed by atoms with Crippen molar-refractivity contribution in [1.82, 2.24) is 4.31 Å². The maximum absolute atomic E-state index is 12.5. The molecule has 2 unspecified atom stereocenters. The van der Waals surface area contributed by atoms with E-state index in [1.807, 2.05) is 13.8 Å². The largest absolute Gasteiger partial charge is 0.389 e. The Morgan fingerprint density at radius 3 is 2.57 bits per heavy atom. The Morgan fingerprint density at radius 1 is 1.38 bits per heavy atom. The van der Waals surface area contributed by atoms with Crippen molar-refractivity contribution in [2.75, 3.05) is 13.2 Å². The highest BCUT2D eigenvalue weighted by molar-refractivity contribution is 7.88. The smallest absolute Gasteiger partial charge is 0.218 e. The fourth-order valence-corrected chi connectivity index (χ4v) is 4.28. The number of nitrogens with zero attached hydrogens (tertiary/aromatic N) is 1. The number of sulfonamides is 1. The zero-order valence-corrected chi connectivity index (χ0v) is 13.8. The van der Waals surface area contributed by atoms with Gasteiger partial charge in [-0.15, -0.1) is 0 Å². The van der Waals surface area contributed by atoms with Crippen LogP contribution in [0.3, 0.4) is 0 Å². The van der Waals surface area contributed by atoms with E-state index in [0.29, 0.717) is 18.1 Å². The molecule has 116 valence electrons. The molecule has 1 saturated heterocycles. The first-order valence-corrected chi connectivity index (χ1v) is 8.81. The molecule has 2 atom stereocenters. The monoisotopic (exact) mass is 328 g/mol. The minimum Gasteiger partial charge on any atom is -0.389 e. The molecule has 0 amide bonds. The lowest BCUT2D eigenvalue weighted by molar-refractivity contribution is -0.0171. The van der Waals surface area contributed by atoms with E-state index >= 15 is 0 Å². The number of rotatable bonds is 4. The van der Waals surface area contributed by atoms with E-state index in [0.717, 1.165) is 11.1 Å². The first kappa shape index (κ1) is 16.4.